The Bertz CT molecular complexity index is 488. The summed E-state index contributed by atoms with van der Waals surface area (Å²) in [7, 11) is 0. The van der Waals surface area contributed by atoms with Crippen LogP contribution in [0.1, 0.15) is 29.4 Å². The molecule has 1 aromatic heterocycles. The van der Waals surface area contributed by atoms with E-state index in [9.17, 15) is 14.7 Å². The molecule has 1 aromatic rings. The number of aliphatic hydroxyl groups is 1. The van der Waals surface area contributed by atoms with Crippen molar-refractivity contribution in [1.29, 1.82) is 0 Å². The van der Waals surface area contributed by atoms with Gasteiger partial charge in [-0.1, -0.05) is 6.92 Å². The molecule has 0 unspecified atom stereocenters. The molecule has 0 fully saturated rings. The van der Waals surface area contributed by atoms with E-state index < -0.39 is 11.6 Å². The van der Waals surface area contributed by atoms with Gasteiger partial charge in [-0.2, -0.15) is 0 Å². The fourth-order valence-corrected chi connectivity index (χ4v) is 1.62. The van der Waals surface area contributed by atoms with E-state index in [0.717, 1.165) is 0 Å². The maximum Gasteiger partial charge on any atom is 0.252 e. The van der Waals surface area contributed by atoms with Gasteiger partial charge in [-0.25, -0.2) is 0 Å². The Morgan fingerprint density at radius 2 is 2.07 bits per heavy atom. The van der Waals surface area contributed by atoms with Crippen LogP contribution in [0.2, 0.25) is 0 Å². The lowest BCUT2D eigenvalue weighted by Crippen LogP contribution is -2.24. The van der Waals surface area contributed by atoms with Crippen LogP contribution in [-0.2, 0) is 4.79 Å². The van der Waals surface area contributed by atoms with Crippen molar-refractivity contribution < 1.29 is 14.7 Å². The number of aliphatic hydroxyl groups excluding tert-OH is 1. The number of hydrogen-bond donors (Lipinski definition) is 1. The highest BCUT2D eigenvalue weighted by Crippen LogP contribution is 2.27. The second-order valence-corrected chi connectivity index (χ2v) is 3.24. The summed E-state index contributed by atoms with van der Waals surface area (Å²) >= 11 is 0. The second kappa shape index (κ2) is 3.31. The fourth-order valence-electron chi connectivity index (χ4n) is 1.62. The Morgan fingerprint density at radius 3 is 2.73 bits per heavy atom. The van der Waals surface area contributed by atoms with E-state index >= 15 is 0 Å². The number of carbonyl (C=O) groups is 2. The van der Waals surface area contributed by atoms with Crippen LogP contribution in [0, 0.1) is 0 Å². The van der Waals surface area contributed by atoms with Gasteiger partial charge in [0.2, 0.25) is 5.78 Å². The molecule has 0 bridgehead atoms. The van der Waals surface area contributed by atoms with Crippen molar-refractivity contribution in [1.82, 2.24) is 4.98 Å². The fraction of sp³-hybridized carbons (Fsp3) is 0.182. The van der Waals surface area contributed by atoms with E-state index in [1.54, 1.807) is 19.1 Å². The highest BCUT2D eigenvalue weighted by atomic mass is 16.3. The summed E-state index contributed by atoms with van der Waals surface area (Å²) in [6.45, 7) is 1.72. The molecule has 0 aromatic carbocycles. The Morgan fingerprint density at radius 1 is 1.33 bits per heavy atom. The molecule has 76 valence electrons. The Kier molecular flexibility index (Phi) is 2.11. The number of aromatic nitrogens is 1. The first-order chi connectivity index (χ1) is 7.16. The summed E-state index contributed by atoms with van der Waals surface area (Å²) in [6.07, 6.45) is 1.76. The third-order valence-electron chi connectivity index (χ3n) is 2.40. The first-order valence-corrected chi connectivity index (χ1v) is 4.63. The van der Waals surface area contributed by atoms with Crippen molar-refractivity contribution in [2.75, 3.05) is 0 Å². The van der Waals surface area contributed by atoms with Crippen molar-refractivity contribution in [2.24, 2.45) is 0 Å². The van der Waals surface area contributed by atoms with E-state index in [1.807, 2.05) is 0 Å². The maximum absolute atomic E-state index is 11.6. The molecule has 15 heavy (non-hydrogen) atoms. The molecule has 1 aliphatic rings. The molecule has 0 radical (unpaired) electrons. The number of carbonyl (C=O) groups excluding carboxylic acids is 2. The summed E-state index contributed by atoms with van der Waals surface area (Å²) < 4.78 is 0. The zero-order valence-electron chi connectivity index (χ0n) is 8.15. The number of fused-ring (bicyclic) bond motifs is 1. The lowest BCUT2D eigenvalue weighted by atomic mass is 9.91. The van der Waals surface area contributed by atoms with Gasteiger partial charge >= 0.3 is 0 Å². The van der Waals surface area contributed by atoms with E-state index in [4.69, 9.17) is 0 Å². The van der Waals surface area contributed by atoms with Crippen LogP contribution >= 0.6 is 0 Å². The first kappa shape index (κ1) is 9.58. The predicted octanol–water partition coefficient (Wildman–Crippen LogP) is 1.53. The van der Waals surface area contributed by atoms with E-state index in [0.29, 0.717) is 12.0 Å². The lowest BCUT2D eigenvalue weighted by Gasteiger charge is -2.15. The molecule has 0 saturated carbocycles. The Hall–Kier alpha value is -1.97. The molecule has 0 atom stereocenters. The largest absolute Gasteiger partial charge is 0.507 e. The van der Waals surface area contributed by atoms with Gasteiger partial charge in [0.1, 0.15) is 11.5 Å². The molecular formula is C11H9NO3. The third-order valence-corrected chi connectivity index (χ3v) is 2.40. The molecule has 4 heteroatoms. The number of ketones is 2. The lowest BCUT2D eigenvalue weighted by molar-refractivity contribution is -0.112. The van der Waals surface area contributed by atoms with Crippen molar-refractivity contribution in [2.45, 2.75) is 13.3 Å². The topological polar surface area (TPSA) is 67.3 Å². The highest BCUT2D eigenvalue weighted by Gasteiger charge is 2.32. The molecule has 0 spiro atoms. The molecular weight excluding hydrogens is 194 g/mol. The molecule has 1 heterocycles. The number of allylic oxidation sites excluding steroid dienone is 1. The average molecular weight is 203 g/mol. The van der Waals surface area contributed by atoms with Crippen LogP contribution in [0.3, 0.4) is 0 Å². The summed E-state index contributed by atoms with van der Waals surface area (Å²) in [5, 5.41) is 9.78. The van der Waals surface area contributed by atoms with Gasteiger partial charge in [0.15, 0.2) is 0 Å². The van der Waals surface area contributed by atoms with Gasteiger partial charge in [-0.3, -0.25) is 14.6 Å². The standard InChI is InChI=1S/C11H9NO3/c1-2-6-9(13)7-4-3-5-12-8(7)11(15)10(6)14/h3-5,13H,2H2,1H3. The number of rotatable bonds is 1. The normalized spacial score (nSPS) is 15.5. The van der Waals surface area contributed by atoms with Gasteiger partial charge in [-0.15, -0.1) is 0 Å². The second-order valence-electron chi connectivity index (χ2n) is 3.24. The Balaban J connectivity index is 2.74. The quantitative estimate of drug-likeness (QED) is 0.703. The molecule has 1 aliphatic carbocycles. The zero-order chi connectivity index (χ0) is 11.0. The minimum Gasteiger partial charge on any atom is -0.507 e. The van der Waals surface area contributed by atoms with Gasteiger partial charge in [0, 0.05) is 17.3 Å². The summed E-state index contributed by atoms with van der Waals surface area (Å²) in [5.74, 6) is -1.41. The minimum atomic E-state index is -0.652. The molecule has 1 N–H and O–H groups in total. The molecule has 4 nitrogen and oxygen atoms in total. The number of Topliss-reactive ketones (excluding diaryl/α,β-unsaturated/α-hetero) is 2. The summed E-state index contributed by atoms with van der Waals surface area (Å²) in [4.78, 5) is 26.9. The zero-order valence-corrected chi connectivity index (χ0v) is 8.15. The van der Waals surface area contributed by atoms with Crippen LogP contribution in [0.5, 0.6) is 0 Å². The molecule has 0 amide bonds. The van der Waals surface area contributed by atoms with Gasteiger partial charge < -0.3 is 5.11 Å². The number of nitrogens with zero attached hydrogens (tertiary/aromatic N) is 1. The van der Waals surface area contributed by atoms with Crippen LogP contribution in [0.15, 0.2) is 23.9 Å². The van der Waals surface area contributed by atoms with E-state index in [-0.39, 0.29) is 17.0 Å². The van der Waals surface area contributed by atoms with Crippen LogP contribution < -0.4 is 0 Å². The van der Waals surface area contributed by atoms with Crippen molar-refractivity contribution in [3.05, 3.63) is 35.2 Å². The molecule has 0 saturated heterocycles. The minimum absolute atomic E-state index is 0.0391. The number of pyridine rings is 1. The molecule has 0 aliphatic heterocycles. The molecule has 2 rings (SSSR count). The van der Waals surface area contributed by atoms with Crippen molar-refractivity contribution in [3.8, 4) is 0 Å². The van der Waals surface area contributed by atoms with Crippen LogP contribution in [-0.4, -0.2) is 21.7 Å². The maximum atomic E-state index is 11.6. The van der Waals surface area contributed by atoms with E-state index in [2.05, 4.69) is 4.98 Å². The SMILES string of the molecule is CCC1=C(O)c2cccnc2C(=O)C1=O. The predicted molar refractivity (Wildman–Crippen MR) is 53.4 cm³/mol. The summed E-state index contributed by atoms with van der Waals surface area (Å²) in [5.41, 5.74) is 0.552. The monoisotopic (exact) mass is 203 g/mol. The average Bonchev–Trinajstić information content (AvgIpc) is 2.27. The smallest absolute Gasteiger partial charge is 0.252 e. The van der Waals surface area contributed by atoms with E-state index in [1.165, 1.54) is 6.20 Å². The van der Waals surface area contributed by atoms with Crippen molar-refractivity contribution in [3.63, 3.8) is 0 Å². The van der Waals surface area contributed by atoms with Gasteiger partial charge in [0.05, 0.1) is 0 Å². The third kappa shape index (κ3) is 1.26. The van der Waals surface area contributed by atoms with Crippen molar-refractivity contribution >= 4 is 17.3 Å². The van der Waals surface area contributed by atoms with Gasteiger partial charge in [-0.05, 0) is 18.6 Å². The first-order valence-electron chi connectivity index (χ1n) is 4.63. The number of hydrogen-bond acceptors (Lipinski definition) is 4. The summed E-state index contributed by atoms with van der Waals surface area (Å²) in [6, 6.07) is 3.20. The highest BCUT2D eigenvalue weighted by molar-refractivity contribution is 6.51. The van der Waals surface area contributed by atoms with Crippen LogP contribution in [0.25, 0.3) is 5.76 Å². The van der Waals surface area contributed by atoms with Crippen LogP contribution in [0.4, 0.5) is 0 Å². The van der Waals surface area contributed by atoms with Gasteiger partial charge in [0.25, 0.3) is 5.78 Å². The Labute approximate surface area is 86.3 Å².